The van der Waals surface area contributed by atoms with Crippen molar-refractivity contribution >= 4 is 11.9 Å². The molecule has 0 atom stereocenters. The molecule has 0 bridgehead atoms. The third kappa shape index (κ3) is 2.32. The zero-order chi connectivity index (χ0) is 16.1. The van der Waals surface area contributed by atoms with Gasteiger partial charge in [-0.2, -0.15) is 0 Å². The van der Waals surface area contributed by atoms with E-state index in [9.17, 15) is 8.78 Å². The first-order valence-electron chi connectivity index (χ1n) is 7.79. The number of hydrogen-bond acceptors (Lipinski definition) is 2. The molecule has 3 rings (SSSR count). The van der Waals surface area contributed by atoms with Crippen LogP contribution in [0.2, 0.25) is 0 Å². The van der Waals surface area contributed by atoms with E-state index >= 15 is 0 Å². The van der Waals surface area contributed by atoms with Crippen molar-refractivity contribution in [2.24, 2.45) is 5.92 Å². The molecule has 3 nitrogen and oxygen atoms in total. The fourth-order valence-electron chi connectivity index (χ4n) is 2.97. The number of alkyl halides is 1. The van der Waals surface area contributed by atoms with E-state index in [1.54, 1.807) is 6.08 Å². The van der Waals surface area contributed by atoms with Crippen molar-refractivity contribution in [3.05, 3.63) is 28.2 Å². The van der Waals surface area contributed by atoms with Gasteiger partial charge in [-0.1, -0.05) is 25.5 Å². The average molecular weight is 308 g/mol. The summed E-state index contributed by atoms with van der Waals surface area (Å²) in [5, 5.41) is 0.932. The van der Waals surface area contributed by atoms with Crippen molar-refractivity contribution in [1.29, 1.82) is 0 Å². The van der Waals surface area contributed by atoms with Crippen molar-refractivity contribution in [2.75, 3.05) is 13.2 Å². The molecule has 1 aromatic heterocycles. The average Bonchev–Trinajstić information content (AvgIpc) is 2.72. The van der Waals surface area contributed by atoms with Crippen LogP contribution in [0, 0.1) is 5.92 Å². The van der Waals surface area contributed by atoms with Gasteiger partial charge in [-0.3, -0.25) is 0 Å². The monoisotopic (exact) mass is 308 g/mol. The van der Waals surface area contributed by atoms with E-state index in [1.807, 2.05) is 38.3 Å². The first kappa shape index (κ1) is 15.4. The maximum absolute atomic E-state index is 14.8. The maximum Gasteiger partial charge on any atom is 0.214 e. The molecule has 2 heterocycles. The van der Waals surface area contributed by atoms with Crippen LogP contribution >= 0.6 is 0 Å². The number of aromatic nitrogens is 2. The van der Waals surface area contributed by atoms with Crippen LogP contribution in [0.25, 0.3) is 11.9 Å². The summed E-state index contributed by atoms with van der Waals surface area (Å²) < 4.78 is 36.2. The quantitative estimate of drug-likeness (QED) is 0.858. The topological polar surface area (TPSA) is 27.1 Å². The van der Waals surface area contributed by atoms with E-state index in [-0.39, 0.29) is 42.2 Å². The van der Waals surface area contributed by atoms with E-state index in [4.69, 9.17) is 4.74 Å². The molecule has 0 spiro atoms. The van der Waals surface area contributed by atoms with Crippen molar-refractivity contribution < 1.29 is 13.5 Å². The SMILES string of the molecule is CC(C)C1=CC(F)=c2nc(C3(F)COC3)n(C(C)C)c2=CC1. The minimum Gasteiger partial charge on any atom is -0.374 e. The molecule has 2 aliphatic rings. The highest BCUT2D eigenvalue weighted by atomic mass is 19.1. The lowest BCUT2D eigenvalue weighted by molar-refractivity contribution is -0.141. The second kappa shape index (κ2) is 5.30. The zero-order valence-corrected chi connectivity index (χ0v) is 13.5. The number of nitrogens with zero attached hydrogens (tertiary/aromatic N) is 2. The molecule has 0 saturated carbocycles. The van der Waals surface area contributed by atoms with Gasteiger partial charge in [0.05, 0.1) is 18.6 Å². The maximum atomic E-state index is 14.8. The normalized spacial score (nSPS) is 20.4. The van der Waals surface area contributed by atoms with Crippen LogP contribution in [0.4, 0.5) is 8.78 Å². The summed E-state index contributed by atoms with van der Waals surface area (Å²) in [5.41, 5.74) is -0.580. The Morgan fingerprint density at radius 3 is 2.45 bits per heavy atom. The lowest BCUT2D eigenvalue weighted by atomic mass is 10.00. The minimum atomic E-state index is -1.60. The minimum absolute atomic E-state index is 0.00382. The second-order valence-electron chi connectivity index (χ2n) is 6.72. The van der Waals surface area contributed by atoms with E-state index in [2.05, 4.69) is 4.98 Å². The third-order valence-electron chi connectivity index (χ3n) is 4.34. The molecule has 0 unspecified atom stereocenters. The van der Waals surface area contributed by atoms with Gasteiger partial charge in [0.25, 0.3) is 0 Å². The molecule has 5 heteroatoms. The Labute approximate surface area is 129 Å². The van der Waals surface area contributed by atoms with Crippen LogP contribution in [0.15, 0.2) is 11.6 Å². The standard InChI is InChI=1S/C17H22F2N2O/c1-10(2)12-5-6-14-15(13(18)7-12)20-16(21(14)11(3)4)17(19)8-22-9-17/h6-7,10-11H,5,8-9H2,1-4H3. The van der Waals surface area contributed by atoms with Gasteiger partial charge in [-0.05, 0) is 32.3 Å². The summed E-state index contributed by atoms with van der Waals surface area (Å²) in [5.74, 6) is 0.175. The molecule has 0 N–H and O–H groups in total. The smallest absolute Gasteiger partial charge is 0.214 e. The largest absolute Gasteiger partial charge is 0.374 e. The first-order chi connectivity index (χ1) is 10.3. The van der Waals surface area contributed by atoms with Gasteiger partial charge < -0.3 is 9.30 Å². The Morgan fingerprint density at radius 2 is 1.95 bits per heavy atom. The highest BCUT2D eigenvalue weighted by Gasteiger charge is 2.45. The predicted molar refractivity (Wildman–Crippen MR) is 82.0 cm³/mol. The van der Waals surface area contributed by atoms with E-state index < -0.39 is 5.67 Å². The van der Waals surface area contributed by atoms with Gasteiger partial charge in [0.2, 0.25) is 5.67 Å². The van der Waals surface area contributed by atoms with Gasteiger partial charge in [0.1, 0.15) is 5.35 Å². The van der Waals surface area contributed by atoms with Crippen LogP contribution < -0.4 is 10.7 Å². The molecular weight excluding hydrogens is 286 g/mol. The fraction of sp³-hybridized carbons (Fsp3) is 0.588. The molecule has 1 aliphatic heterocycles. The van der Waals surface area contributed by atoms with Gasteiger partial charge >= 0.3 is 0 Å². The van der Waals surface area contributed by atoms with Gasteiger partial charge in [-0.25, -0.2) is 13.8 Å². The molecule has 120 valence electrons. The van der Waals surface area contributed by atoms with Gasteiger partial charge in [0.15, 0.2) is 11.7 Å². The van der Waals surface area contributed by atoms with Crippen molar-refractivity contribution in [1.82, 2.24) is 9.55 Å². The number of ether oxygens (including phenoxy) is 1. The predicted octanol–water partition coefficient (Wildman–Crippen LogP) is 2.50. The molecule has 1 saturated heterocycles. The van der Waals surface area contributed by atoms with Crippen molar-refractivity contribution in [3.8, 4) is 0 Å². The molecule has 1 fully saturated rings. The molecular formula is C17H22F2N2O. The van der Waals surface area contributed by atoms with Crippen molar-refractivity contribution in [3.63, 3.8) is 0 Å². The van der Waals surface area contributed by atoms with Crippen LogP contribution in [0.5, 0.6) is 0 Å². The van der Waals surface area contributed by atoms with E-state index in [0.29, 0.717) is 11.8 Å². The number of halogens is 2. The number of allylic oxidation sites excluding steroid dienone is 2. The van der Waals surface area contributed by atoms with Crippen LogP contribution in [0.1, 0.15) is 46.0 Å². The molecule has 0 amide bonds. The molecule has 1 aliphatic carbocycles. The Kier molecular flexibility index (Phi) is 3.71. The number of fused-ring (bicyclic) bond motifs is 1. The lowest BCUT2D eigenvalue weighted by Crippen LogP contribution is -2.45. The summed E-state index contributed by atoms with van der Waals surface area (Å²) in [6.07, 6.45) is 4.18. The molecule has 1 aromatic rings. The van der Waals surface area contributed by atoms with E-state index in [1.165, 1.54) is 0 Å². The molecule has 0 radical (unpaired) electrons. The van der Waals surface area contributed by atoms with E-state index in [0.717, 1.165) is 5.57 Å². The Balaban J connectivity index is 2.26. The molecule has 0 aromatic carbocycles. The Hall–Kier alpha value is -1.49. The summed E-state index contributed by atoms with van der Waals surface area (Å²) in [6.45, 7) is 7.99. The summed E-state index contributed by atoms with van der Waals surface area (Å²) >= 11 is 0. The Morgan fingerprint density at radius 1 is 1.27 bits per heavy atom. The zero-order valence-electron chi connectivity index (χ0n) is 13.5. The first-order valence-corrected chi connectivity index (χ1v) is 7.79. The van der Waals surface area contributed by atoms with Gasteiger partial charge in [0, 0.05) is 6.04 Å². The van der Waals surface area contributed by atoms with Gasteiger partial charge in [-0.15, -0.1) is 0 Å². The summed E-state index contributed by atoms with van der Waals surface area (Å²) in [4.78, 5) is 4.32. The third-order valence-corrected chi connectivity index (χ3v) is 4.34. The van der Waals surface area contributed by atoms with Crippen LogP contribution in [-0.2, 0) is 10.4 Å². The Bertz CT molecular complexity index is 739. The number of rotatable bonds is 3. The van der Waals surface area contributed by atoms with Crippen LogP contribution in [-0.4, -0.2) is 22.8 Å². The van der Waals surface area contributed by atoms with Crippen molar-refractivity contribution in [2.45, 2.75) is 45.8 Å². The molecule has 22 heavy (non-hydrogen) atoms. The van der Waals surface area contributed by atoms with Crippen LogP contribution in [0.3, 0.4) is 0 Å². The fourth-order valence-corrected chi connectivity index (χ4v) is 2.97. The highest BCUT2D eigenvalue weighted by molar-refractivity contribution is 5.53. The summed E-state index contributed by atoms with van der Waals surface area (Å²) in [7, 11) is 0. The highest BCUT2D eigenvalue weighted by Crippen LogP contribution is 2.33. The number of imidazole rings is 1. The second-order valence-corrected chi connectivity index (χ2v) is 6.72. The lowest BCUT2D eigenvalue weighted by Gasteiger charge is -2.34. The summed E-state index contributed by atoms with van der Waals surface area (Å²) in [6, 6.07) is 0.00382. The number of hydrogen-bond donors (Lipinski definition) is 0.